The van der Waals surface area contributed by atoms with E-state index in [2.05, 4.69) is 5.32 Å². The fourth-order valence-corrected chi connectivity index (χ4v) is 1.84. The van der Waals surface area contributed by atoms with Gasteiger partial charge in [-0.05, 0) is 35.9 Å². The van der Waals surface area contributed by atoms with Crippen molar-refractivity contribution in [3.8, 4) is 11.8 Å². The number of nitriles is 1. The van der Waals surface area contributed by atoms with Gasteiger partial charge in [0.05, 0.1) is 17.3 Å². The molecule has 106 valence electrons. The van der Waals surface area contributed by atoms with E-state index in [1.54, 1.807) is 30.3 Å². The van der Waals surface area contributed by atoms with Crippen molar-refractivity contribution in [1.82, 2.24) is 0 Å². The normalized spacial score (nSPS) is 9.76. The number of anilines is 1. The third-order valence-corrected chi connectivity index (χ3v) is 2.68. The number of para-hydroxylation sites is 2. The molecule has 2 aromatic rings. The first-order valence-corrected chi connectivity index (χ1v) is 6.27. The Morgan fingerprint density at radius 1 is 1.33 bits per heavy atom. The van der Waals surface area contributed by atoms with E-state index in [0.717, 1.165) is 6.07 Å². The zero-order valence-electron chi connectivity index (χ0n) is 11.4. The lowest BCUT2D eigenvalue weighted by Crippen LogP contribution is -2.08. The van der Waals surface area contributed by atoms with Gasteiger partial charge in [-0.2, -0.15) is 5.26 Å². The van der Waals surface area contributed by atoms with Crippen LogP contribution in [0.2, 0.25) is 0 Å². The van der Waals surface area contributed by atoms with Gasteiger partial charge < -0.3 is 10.1 Å². The van der Waals surface area contributed by atoms with E-state index in [9.17, 15) is 9.18 Å². The highest BCUT2D eigenvalue weighted by Gasteiger charge is 2.06. The summed E-state index contributed by atoms with van der Waals surface area (Å²) < 4.78 is 18.9. The Labute approximate surface area is 121 Å². The summed E-state index contributed by atoms with van der Waals surface area (Å²) in [7, 11) is 0. The molecule has 0 aliphatic heterocycles. The third kappa shape index (κ3) is 4.05. The lowest BCUT2D eigenvalue weighted by Gasteiger charge is -2.11. The second-order valence-corrected chi connectivity index (χ2v) is 4.43. The average Bonchev–Trinajstić information content (AvgIpc) is 2.45. The molecular weight excluding hydrogens is 271 g/mol. The monoisotopic (exact) mass is 284 g/mol. The number of rotatable bonds is 4. The van der Waals surface area contributed by atoms with Gasteiger partial charge in [0, 0.05) is 6.92 Å². The summed E-state index contributed by atoms with van der Waals surface area (Å²) in [5, 5.41) is 11.5. The van der Waals surface area contributed by atoms with Crippen LogP contribution in [0.3, 0.4) is 0 Å². The predicted molar refractivity (Wildman–Crippen MR) is 76.2 cm³/mol. The van der Waals surface area contributed by atoms with Crippen LogP contribution in [-0.4, -0.2) is 5.91 Å². The minimum Gasteiger partial charge on any atom is -0.487 e. The fourth-order valence-electron chi connectivity index (χ4n) is 1.84. The SMILES string of the molecule is CC(=O)Nc1ccccc1OCc1cc(F)cc(C#N)c1. The summed E-state index contributed by atoms with van der Waals surface area (Å²) in [6, 6.07) is 12.9. The highest BCUT2D eigenvalue weighted by atomic mass is 19.1. The topological polar surface area (TPSA) is 62.1 Å². The molecule has 0 aliphatic rings. The predicted octanol–water partition coefficient (Wildman–Crippen LogP) is 3.23. The number of nitrogens with zero attached hydrogens (tertiary/aromatic N) is 1. The van der Waals surface area contributed by atoms with Crippen molar-refractivity contribution in [3.63, 3.8) is 0 Å². The maximum atomic E-state index is 13.3. The Bertz CT molecular complexity index is 708. The molecule has 0 bridgehead atoms. The molecular formula is C16H13FN2O2. The van der Waals surface area contributed by atoms with Crippen LogP contribution in [0.1, 0.15) is 18.1 Å². The molecule has 0 saturated carbocycles. The lowest BCUT2D eigenvalue weighted by atomic mass is 10.1. The first kappa shape index (κ1) is 14.5. The number of nitrogens with one attached hydrogen (secondary N) is 1. The third-order valence-electron chi connectivity index (χ3n) is 2.68. The molecule has 0 unspecified atom stereocenters. The van der Waals surface area contributed by atoms with Crippen molar-refractivity contribution < 1.29 is 13.9 Å². The molecule has 0 spiro atoms. The second-order valence-electron chi connectivity index (χ2n) is 4.43. The van der Waals surface area contributed by atoms with Crippen LogP contribution >= 0.6 is 0 Å². The minimum atomic E-state index is -0.484. The molecule has 2 aromatic carbocycles. The largest absolute Gasteiger partial charge is 0.487 e. The number of carbonyl (C=O) groups is 1. The molecule has 0 fully saturated rings. The van der Waals surface area contributed by atoms with Crippen LogP contribution in [-0.2, 0) is 11.4 Å². The Hall–Kier alpha value is -2.87. The molecule has 0 aromatic heterocycles. The van der Waals surface area contributed by atoms with Crippen LogP contribution in [0, 0.1) is 17.1 Å². The molecule has 0 aliphatic carbocycles. The average molecular weight is 284 g/mol. The molecule has 2 rings (SSSR count). The van der Waals surface area contributed by atoms with Gasteiger partial charge in [0.25, 0.3) is 0 Å². The van der Waals surface area contributed by atoms with Gasteiger partial charge in [-0.3, -0.25) is 4.79 Å². The Kier molecular flexibility index (Phi) is 4.52. The van der Waals surface area contributed by atoms with E-state index < -0.39 is 5.82 Å². The van der Waals surface area contributed by atoms with Gasteiger partial charge in [0.15, 0.2) is 0 Å². The van der Waals surface area contributed by atoms with Crippen molar-refractivity contribution in [2.45, 2.75) is 13.5 Å². The minimum absolute atomic E-state index is 0.100. The molecule has 4 nitrogen and oxygen atoms in total. The number of amides is 1. The van der Waals surface area contributed by atoms with Gasteiger partial charge in [0.2, 0.25) is 5.91 Å². The molecule has 0 heterocycles. The van der Waals surface area contributed by atoms with Gasteiger partial charge in [0.1, 0.15) is 18.2 Å². The maximum absolute atomic E-state index is 13.3. The number of benzene rings is 2. The van der Waals surface area contributed by atoms with Crippen molar-refractivity contribution in [2.24, 2.45) is 0 Å². The summed E-state index contributed by atoms with van der Waals surface area (Å²) in [6.45, 7) is 1.51. The number of ether oxygens (including phenoxy) is 1. The Balaban J connectivity index is 2.15. The van der Waals surface area contributed by atoms with Crippen molar-refractivity contribution in [3.05, 3.63) is 59.4 Å². The Morgan fingerprint density at radius 2 is 2.10 bits per heavy atom. The van der Waals surface area contributed by atoms with E-state index >= 15 is 0 Å². The van der Waals surface area contributed by atoms with Crippen molar-refractivity contribution >= 4 is 11.6 Å². The fraction of sp³-hybridized carbons (Fsp3) is 0.125. The number of hydrogen-bond donors (Lipinski definition) is 1. The lowest BCUT2D eigenvalue weighted by molar-refractivity contribution is -0.114. The smallest absolute Gasteiger partial charge is 0.221 e. The molecule has 5 heteroatoms. The first-order chi connectivity index (χ1) is 10.1. The van der Waals surface area contributed by atoms with Gasteiger partial charge >= 0.3 is 0 Å². The number of halogens is 1. The summed E-state index contributed by atoms with van der Waals surface area (Å²) >= 11 is 0. The second kappa shape index (κ2) is 6.53. The summed E-state index contributed by atoms with van der Waals surface area (Å²) in [6.07, 6.45) is 0. The quantitative estimate of drug-likeness (QED) is 0.937. The van der Waals surface area contributed by atoms with Gasteiger partial charge in [-0.15, -0.1) is 0 Å². The first-order valence-electron chi connectivity index (χ1n) is 6.27. The van der Waals surface area contributed by atoms with Gasteiger partial charge in [-0.25, -0.2) is 4.39 Å². The standard InChI is InChI=1S/C16H13FN2O2/c1-11(20)19-15-4-2-3-5-16(15)21-10-13-6-12(9-18)7-14(17)8-13/h2-8H,10H2,1H3,(H,19,20). The number of carbonyl (C=O) groups excluding carboxylic acids is 1. The van der Waals surface area contributed by atoms with E-state index in [0.29, 0.717) is 17.0 Å². The molecule has 21 heavy (non-hydrogen) atoms. The number of hydrogen-bond acceptors (Lipinski definition) is 3. The molecule has 1 N–H and O–H groups in total. The summed E-state index contributed by atoms with van der Waals surface area (Å²) in [5.74, 6) is -0.207. The Morgan fingerprint density at radius 3 is 2.81 bits per heavy atom. The van der Waals surface area contributed by atoms with E-state index in [4.69, 9.17) is 10.00 Å². The molecule has 1 amide bonds. The van der Waals surface area contributed by atoms with Crippen LogP contribution in [0.5, 0.6) is 5.75 Å². The summed E-state index contributed by atoms with van der Waals surface area (Å²) in [4.78, 5) is 11.1. The highest BCUT2D eigenvalue weighted by molar-refractivity contribution is 5.90. The zero-order valence-corrected chi connectivity index (χ0v) is 11.4. The van der Waals surface area contributed by atoms with Crippen LogP contribution in [0.15, 0.2) is 42.5 Å². The van der Waals surface area contributed by atoms with E-state index in [1.807, 2.05) is 6.07 Å². The zero-order chi connectivity index (χ0) is 15.2. The van der Waals surface area contributed by atoms with Crippen LogP contribution < -0.4 is 10.1 Å². The van der Waals surface area contributed by atoms with Crippen LogP contribution in [0.25, 0.3) is 0 Å². The molecule has 0 radical (unpaired) electrons. The van der Waals surface area contributed by atoms with E-state index in [1.165, 1.54) is 13.0 Å². The van der Waals surface area contributed by atoms with Crippen molar-refractivity contribution in [2.75, 3.05) is 5.32 Å². The highest BCUT2D eigenvalue weighted by Crippen LogP contribution is 2.24. The van der Waals surface area contributed by atoms with E-state index in [-0.39, 0.29) is 18.1 Å². The van der Waals surface area contributed by atoms with Gasteiger partial charge in [-0.1, -0.05) is 12.1 Å². The molecule has 0 atom stereocenters. The van der Waals surface area contributed by atoms with Crippen LogP contribution in [0.4, 0.5) is 10.1 Å². The maximum Gasteiger partial charge on any atom is 0.221 e. The summed E-state index contributed by atoms with van der Waals surface area (Å²) in [5.41, 5.74) is 1.33. The molecule has 0 saturated heterocycles. The van der Waals surface area contributed by atoms with Crippen molar-refractivity contribution in [1.29, 1.82) is 5.26 Å².